The lowest BCUT2D eigenvalue weighted by Crippen LogP contribution is -2.53. The molecular weight excluding hydrogens is 258 g/mol. The van der Waals surface area contributed by atoms with Gasteiger partial charge in [0.2, 0.25) is 0 Å². The van der Waals surface area contributed by atoms with Crippen LogP contribution in [-0.2, 0) is 0 Å². The predicted octanol–water partition coefficient (Wildman–Crippen LogP) is 3.45. The van der Waals surface area contributed by atoms with Gasteiger partial charge in [-0.1, -0.05) is 19.9 Å². The number of aromatic nitrogens is 1. The number of anilines is 1. The molecule has 3 heteroatoms. The third-order valence-electron chi connectivity index (χ3n) is 4.95. The van der Waals surface area contributed by atoms with Crippen molar-refractivity contribution in [2.45, 2.75) is 39.3 Å². The first kappa shape index (κ1) is 14.3. The molecule has 21 heavy (non-hydrogen) atoms. The highest BCUT2D eigenvalue weighted by Gasteiger charge is 2.31. The second-order valence-electron chi connectivity index (χ2n) is 6.13. The Kier molecular flexibility index (Phi) is 4.11. The summed E-state index contributed by atoms with van der Waals surface area (Å²) in [5, 5.41) is 4.86. The van der Waals surface area contributed by atoms with E-state index in [9.17, 15) is 0 Å². The molecule has 0 amide bonds. The molecule has 1 aromatic carbocycles. The lowest BCUT2D eigenvalue weighted by molar-refractivity contribution is 0.274. The van der Waals surface area contributed by atoms with E-state index >= 15 is 0 Å². The van der Waals surface area contributed by atoms with Crippen molar-refractivity contribution in [3.63, 3.8) is 0 Å². The number of piperidine rings is 1. The van der Waals surface area contributed by atoms with E-state index in [4.69, 9.17) is 0 Å². The second-order valence-corrected chi connectivity index (χ2v) is 6.13. The Morgan fingerprint density at radius 2 is 2.14 bits per heavy atom. The lowest BCUT2D eigenvalue weighted by atomic mass is 9.86. The van der Waals surface area contributed by atoms with E-state index in [1.54, 1.807) is 0 Å². The van der Waals surface area contributed by atoms with Crippen molar-refractivity contribution in [2.75, 3.05) is 18.0 Å². The molecule has 3 nitrogen and oxygen atoms in total. The van der Waals surface area contributed by atoms with E-state index in [0.29, 0.717) is 18.0 Å². The molecule has 1 aliphatic heterocycles. The fraction of sp³-hybridized carbons (Fsp3) is 0.500. The van der Waals surface area contributed by atoms with Gasteiger partial charge in [0.25, 0.3) is 0 Å². The van der Waals surface area contributed by atoms with E-state index in [1.807, 2.05) is 12.3 Å². The standard InChI is InChI=1S/C18H25N3/c1-4-19-17-9-11-21(14(3)13(17)2)16-7-8-18-15(12-16)6-5-10-20-18/h5-8,10,12-14,17,19H,4,9,11H2,1-3H3. The fourth-order valence-electron chi connectivity index (χ4n) is 3.52. The molecule has 0 spiro atoms. The van der Waals surface area contributed by atoms with Gasteiger partial charge in [-0.15, -0.1) is 0 Å². The molecule has 2 aromatic rings. The molecule has 1 aliphatic rings. The van der Waals surface area contributed by atoms with Crippen LogP contribution >= 0.6 is 0 Å². The van der Waals surface area contributed by atoms with Crippen molar-refractivity contribution < 1.29 is 0 Å². The molecule has 3 unspecified atom stereocenters. The smallest absolute Gasteiger partial charge is 0.0703 e. The Morgan fingerprint density at radius 3 is 2.95 bits per heavy atom. The Morgan fingerprint density at radius 1 is 1.29 bits per heavy atom. The first-order chi connectivity index (χ1) is 10.2. The van der Waals surface area contributed by atoms with E-state index < -0.39 is 0 Å². The maximum Gasteiger partial charge on any atom is 0.0703 e. The van der Waals surface area contributed by atoms with Gasteiger partial charge in [0.1, 0.15) is 0 Å². The minimum absolute atomic E-state index is 0.553. The van der Waals surface area contributed by atoms with Crippen LogP contribution in [0.5, 0.6) is 0 Å². The molecule has 3 rings (SSSR count). The monoisotopic (exact) mass is 283 g/mol. The number of pyridine rings is 1. The number of fused-ring (bicyclic) bond motifs is 1. The summed E-state index contributed by atoms with van der Waals surface area (Å²) in [5.41, 5.74) is 2.40. The van der Waals surface area contributed by atoms with E-state index in [-0.39, 0.29) is 0 Å². The van der Waals surface area contributed by atoms with Crippen LogP contribution in [0.15, 0.2) is 36.5 Å². The first-order valence-corrected chi connectivity index (χ1v) is 8.05. The molecule has 1 N–H and O–H groups in total. The van der Waals surface area contributed by atoms with Crippen molar-refractivity contribution in [2.24, 2.45) is 5.92 Å². The zero-order valence-corrected chi connectivity index (χ0v) is 13.2. The highest BCUT2D eigenvalue weighted by atomic mass is 15.2. The largest absolute Gasteiger partial charge is 0.368 e. The average molecular weight is 283 g/mol. The Labute approximate surface area is 127 Å². The number of hydrogen-bond donors (Lipinski definition) is 1. The summed E-state index contributed by atoms with van der Waals surface area (Å²) in [4.78, 5) is 6.96. The highest BCUT2D eigenvalue weighted by Crippen LogP contribution is 2.30. The summed E-state index contributed by atoms with van der Waals surface area (Å²) in [5.74, 6) is 0.656. The summed E-state index contributed by atoms with van der Waals surface area (Å²) in [7, 11) is 0. The van der Waals surface area contributed by atoms with Crippen LogP contribution in [0.25, 0.3) is 10.9 Å². The third-order valence-corrected chi connectivity index (χ3v) is 4.95. The van der Waals surface area contributed by atoms with Crippen LogP contribution in [0.2, 0.25) is 0 Å². The lowest BCUT2D eigenvalue weighted by Gasteiger charge is -2.44. The first-order valence-electron chi connectivity index (χ1n) is 8.05. The van der Waals surface area contributed by atoms with Crippen LogP contribution in [0.4, 0.5) is 5.69 Å². The van der Waals surface area contributed by atoms with Crippen molar-refractivity contribution >= 4 is 16.6 Å². The maximum atomic E-state index is 4.41. The number of hydrogen-bond acceptors (Lipinski definition) is 3. The van der Waals surface area contributed by atoms with E-state index in [2.05, 4.69) is 60.2 Å². The molecule has 0 radical (unpaired) electrons. The minimum atomic E-state index is 0.553. The predicted molar refractivity (Wildman–Crippen MR) is 89.8 cm³/mol. The molecule has 112 valence electrons. The number of nitrogens with one attached hydrogen (secondary N) is 1. The van der Waals surface area contributed by atoms with Crippen LogP contribution in [0.3, 0.4) is 0 Å². The fourth-order valence-corrected chi connectivity index (χ4v) is 3.52. The molecule has 1 saturated heterocycles. The van der Waals surface area contributed by atoms with Gasteiger partial charge in [-0.3, -0.25) is 4.98 Å². The molecule has 0 bridgehead atoms. The third kappa shape index (κ3) is 2.75. The number of benzene rings is 1. The van der Waals surface area contributed by atoms with E-state index in [1.165, 1.54) is 17.5 Å². The summed E-state index contributed by atoms with van der Waals surface area (Å²) >= 11 is 0. The number of rotatable bonds is 3. The Bertz CT molecular complexity index is 610. The molecular formula is C18H25N3. The summed E-state index contributed by atoms with van der Waals surface area (Å²) < 4.78 is 0. The molecule has 0 saturated carbocycles. The van der Waals surface area contributed by atoms with E-state index in [0.717, 1.165) is 18.6 Å². The van der Waals surface area contributed by atoms with Crippen molar-refractivity contribution in [3.05, 3.63) is 36.5 Å². The summed E-state index contributed by atoms with van der Waals surface area (Å²) in [6.45, 7) is 9.09. The van der Waals surface area contributed by atoms with Crippen molar-refractivity contribution in [1.82, 2.24) is 10.3 Å². The molecule has 0 aliphatic carbocycles. The van der Waals surface area contributed by atoms with Gasteiger partial charge in [0.15, 0.2) is 0 Å². The van der Waals surface area contributed by atoms with Gasteiger partial charge in [0, 0.05) is 35.9 Å². The maximum absolute atomic E-state index is 4.41. The zero-order chi connectivity index (χ0) is 14.8. The van der Waals surface area contributed by atoms with Gasteiger partial charge in [0.05, 0.1) is 5.52 Å². The van der Waals surface area contributed by atoms with Gasteiger partial charge >= 0.3 is 0 Å². The normalized spacial score (nSPS) is 26.2. The highest BCUT2D eigenvalue weighted by molar-refractivity contribution is 5.82. The van der Waals surface area contributed by atoms with Crippen LogP contribution in [0.1, 0.15) is 27.2 Å². The average Bonchev–Trinajstić information content (AvgIpc) is 2.52. The zero-order valence-electron chi connectivity index (χ0n) is 13.2. The van der Waals surface area contributed by atoms with Crippen LogP contribution < -0.4 is 10.2 Å². The van der Waals surface area contributed by atoms with Crippen molar-refractivity contribution in [3.8, 4) is 0 Å². The van der Waals surface area contributed by atoms with Gasteiger partial charge in [-0.05, 0) is 50.1 Å². The van der Waals surface area contributed by atoms with Crippen LogP contribution in [0, 0.1) is 5.92 Å². The van der Waals surface area contributed by atoms with Crippen molar-refractivity contribution in [1.29, 1.82) is 0 Å². The molecule has 3 atom stereocenters. The van der Waals surface area contributed by atoms with Gasteiger partial charge < -0.3 is 10.2 Å². The van der Waals surface area contributed by atoms with Crippen LogP contribution in [-0.4, -0.2) is 30.2 Å². The topological polar surface area (TPSA) is 28.2 Å². The number of nitrogens with zero attached hydrogens (tertiary/aromatic N) is 2. The second kappa shape index (κ2) is 6.02. The Balaban J connectivity index is 1.85. The van der Waals surface area contributed by atoms with Gasteiger partial charge in [-0.25, -0.2) is 0 Å². The molecule has 1 aromatic heterocycles. The van der Waals surface area contributed by atoms with Gasteiger partial charge in [-0.2, -0.15) is 0 Å². The SMILES string of the molecule is CCNC1CCN(c2ccc3ncccc3c2)C(C)C1C. The molecule has 2 heterocycles. The molecule has 1 fully saturated rings. The summed E-state index contributed by atoms with van der Waals surface area (Å²) in [6.07, 6.45) is 3.07. The quantitative estimate of drug-likeness (QED) is 0.935. The summed E-state index contributed by atoms with van der Waals surface area (Å²) in [6, 6.07) is 12.0. The Hall–Kier alpha value is -1.61. The minimum Gasteiger partial charge on any atom is -0.368 e.